The first-order chi connectivity index (χ1) is 13.5. The average molecular weight is 380 g/mol. The quantitative estimate of drug-likeness (QED) is 0.674. The van der Waals surface area contributed by atoms with Crippen LogP contribution in [0, 0.1) is 11.6 Å². The highest BCUT2D eigenvalue weighted by Gasteiger charge is 2.11. The molecular weight excluding hydrogens is 362 g/mol. The Bertz CT molecular complexity index is 988. The van der Waals surface area contributed by atoms with E-state index >= 15 is 0 Å². The molecule has 0 fully saturated rings. The van der Waals surface area contributed by atoms with Crippen molar-refractivity contribution in [1.82, 2.24) is 5.32 Å². The lowest BCUT2D eigenvalue weighted by Crippen LogP contribution is -2.26. The third-order valence-corrected chi connectivity index (χ3v) is 4.13. The molecule has 2 N–H and O–H groups in total. The third-order valence-electron chi connectivity index (χ3n) is 4.13. The number of halogens is 2. The normalized spacial score (nSPS) is 10.4. The largest absolute Gasteiger partial charge is 0.352 e. The van der Waals surface area contributed by atoms with Crippen LogP contribution in [-0.2, 0) is 6.42 Å². The summed E-state index contributed by atoms with van der Waals surface area (Å²) in [5, 5.41) is 5.36. The number of hydrogen-bond acceptors (Lipinski definition) is 2. The van der Waals surface area contributed by atoms with Gasteiger partial charge in [0.25, 0.3) is 11.8 Å². The summed E-state index contributed by atoms with van der Waals surface area (Å²) in [7, 11) is 0. The van der Waals surface area contributed by atoms with Crippen LogP contribution in [0.5, 0.6) is 0 Å². The van der Waals surface area contributed by atoms with Crippen molar-refractivity contribution in [1.29, 1.82) is 0 Å². The highest BCUT2D eigenvalue weighted by Crippen LogP contribution is 2.12. The van der Waals surface area contributed by atoms with Gasteiger partial charge in [0.2, 0.25) is 0 Å². The molecule has 0 heterocycles. The molecule has 0 aliphatic heterocycles. The molecule has 6 heteroatoms. The minimum atomic E-state index is -0.410. The molecule has 2 amide bonds. The molecule has 3 aromatic rings. The summed E-state index contributed by atoms with van der Waals surface area (Å²) in [6, 6.07) is 18.0. The summed E-state index contributed by atoms with van der Waals surface area (Å²) in [6.07, 6.45) is 0.364. The Morgan fingerprint density at radius 1 is 0.786 bits per heavy atom. The summed E-state index contributed by atoms with van der Waals surface area (Å²) in [6.45, 7) is 0.270. The fourth-order valence-corrected chi connectivity index (χ4v) is 2.65. The molecule has 142 valence electrons. The number of nitrogens with one attached hydrogen (secondary N) is 2. The summed E-state index contributed by atoms with van der Waals surface area (Å²) in [5.74, 6) is -1.47. The second-order valence-corrected chi connectivity index (χ2v) is 6.14. The van der Waals surface area contributed by atoms with E-state index in [2.05, 4.69) is 10.6 Å². The second-order valence-electron chi connectivity index (χ2n) is 6.14. The molecule has 0 aliphatic carbocycles. The molecule has 0 bridgehead atoms. The number of hydrogen-bond donors (Lipinski definition) is 2. The number of amides is 2. The lowest BCUT2D eigenvalue weighted by molar-refractivity contribution is 0.0954. The molecule has 28 heavy (non-hydrogen) atoms. The molecule has 0 saturated heterocycles. The number of benzene rings is 3. The van der Waals surface area contributed by atoms with Crippen LogP contribution in [0.1, 0.15) is 26.3 Å². The maximum absolute atomic E-state index is 13.6. The van der Waals surface area contributed by atoms with Crippen molar-refractivity contribution >= 4 is 17.5 Å². The SMILES string of the molecule is O=C(NCCc1ccccc1F)c1cccc(C(=O)Nc2ccc(F)cc2)c1. The summed E-state index contributed by atoms with van der Waals surface area (Å²) < 4.78 is 26.5. The minimum absolute atomic E-state index is 0.270. The predicted molar refractivity (Wildman–Crippen MR) is 103 cm³/mol. The molecule has 0 saturated carbocycles. The molecule has 0 aliphatic rings. The number of anilines is 1. The predicted octanol–water partition coefficient (Wildman–Crippen LogP) is 4.19. The van der Waals surface area contributed by atoms with E-state index in [4.69, 9.17) is 0 Å². The average Bonchev–Trinajstić information content (AvgIpc) is 2.71. The van der Waals surface area contributed by atoms with E-state index in [1.165, 1.54) is 36.4 Å². The van der Waals surface area contributed by atoms with E-state index in [1.807, 2.05) is 0 Å². The van der Waals surface area contributed by atoms with Crippen LogP contribution in [0.2, 0.25) is 0 Å². The van der Waals surface area contributed by atoms with Crippen molar-refractivity contribution in [2.24, 2.45) is 0 Å². The van der Waals surface area contributed by atoms with Gasteiger partial charge in [-0.25, -0.2) is 8.78 Å². The highest BCUT2D eigenvalue weighted by atomic mass is 19.1. The molecule has 0 radical (unpaired) electrons. The molecule has 3 aromatic carbocycles. The van der Waals surface area contributed by atoms with Gasteiger partial charge in [0.1, 0.15) is 11.6 Å². The molecule has 3 rings (SSSR count). The second kappa shape index (κ2) is 8.90. The fourth-order valence-electron chi connectivity index (χ4n) is 2.65. The molecule has 0 atom stereocenters. The number of carbonyl (C=O) groups excluding carboxylic acids is 2. The molecule has 0 spiro atoms. The standard InChI is InChI=1S/C22H18F2N2O2/c23-18-8-10-19(11-9-18)26-22(28)17-6-3-5-16(14-17)21(27)25-13-12-15-4-1-2-7-20(15)24/h1-11,14H,12-13H2,(H,25,27)(H,26,28). The number of rotatable bonds is 6. The lowest BCUT2D eigenvalue weighted by Gasteiger charge is -2.08. The van der Waals surface area contributed by atoms with Crippen LogP contribution in [0.25, 0.3) is 0 Å². The monoisotopic (exact) mass is 380 g/mol. The van der Waals surface area contributed by atoms with Crippen LogP contribution in [0.3, 0.4) is 0 Å². The van der Waals surface area contributed by atoms with Crippen molar-refractivity contribution in [2.75, 3.05) is 11.9 Å². The van der Waals surface area contributed by atoms with Crippen LogP contribution in [0.4, 0.5) is 14.5 Å². The first-order valence-corrected chi connectivity index (χ1v) is 8.71. The Morgan fingerprint density at radius 3 is 2.18 bits per heavy atom. The Kier molecular flexibility index (Phi) is 6.11. The van der Waals surface area contributed by atoms with Crippen molar-refractivity contribution in [2.45, 2.75) is 6.42 Å². The Balaban J connectivity index is 1.60. The van der Waals surface area contributed by atoms with E-state index in [0.717, 1.165) is 0 Å². The smallest absolute Gasteiger partial charge is 0.255 e. The van der Waals surface area contributed by atoms with Gasteiger partial charge in [0, 0.05) is 23.4 Å². The van der Waals surface area contributed by atoms with Crippen molar-refractivity contribution in [3.8, 4) is 0 Å². The van der Waals surface area contributed by atoms with Gasteiger partial charge in [-0.05, 0) is 60.5 Å². The number of carbonyl (C=O) groups is 2. The molecule has 4 nitrogen and oxygen atoms in total. The minimum Gasteiger partial charge on any atom is -0.352 e. The third kappa shape index (κ3) is 5.01. The van der Waals surface area contributed by atoms with Crippen molar-refractivity contribution in [3.05, 3.63) is 101 Å². The van der Waals surface area contributed by atoms with E-state index in [1.54, 1.807) is 36.4 Å². The van der Waals surface area contributed by atoms with Gasteiger partial charge in [-0.1, -0.05) is 24.3 Å². The Hall–Kier alpha value is -3.54. The maximum Gasteiger partial charge on any atom is 0.255 e. The Labute approximate surface area is 161 Å². The van der Waals surface area contributed by atoms with Gasteiger partial charge in [-0.15, -0.1) is 0 Å². The lowest BCUT2D eigenvalue weighted by atomic mass is 10.1. The summed E-state index contributed by atoms with van der Waals surface area (Å²) in [5.41, 5.74) is 1.59. The maximum atomic E-state index is 13.6. The van der Waals surface area contributed by atoms with Gasteiger partial charge in [-0.3, -0.25) is 9.59 Å². The molecule has 0 unspecified atom stereocenters. The van der Waals surface area contributed by atoms with Gasteiger partial charge < -0.3 is 10.6 Å². The van der Waals surface area contributed by atoms with Gasteiger partial charge in [-0.2, -0.15) is 0 Å². The van der Waals surface area contributed by atoms with Crippen LogP contribution in [-0.4, -0.2) is 18.4 Å². The van der Waals surface area contributed by atoms with Gasteiger partial charge in [0.05, 0.1) is 0 Å². The first-order valence-electron chi connectivity index (χ1n) is 8.71. The van der Waals surface area contributed by atoms with Crippen molar-refractivity contribution < 1.29 is 18.4 Å². The Morgan fingerprint density at radius 2 is 1.46 bits per heavy atom. The van der Waals surface area contributed by atoms with E-state index in [0.29, 0.717) is 28.8 Å². The molecule has 0 aromatic heterocycles. The molecular formula is C22H18F2N2O2. The highest BCUT2D eigenvalue weighted by molar-refractivity contribution is 6.06. The van der Waals surface area contributed by atoms with E-state index in [-0.39, 0.29) is 18.3 Å². The fraction of sp³-hybridized carbons (Fsp3) is 0.0909. The zero-order chi connectivity index (χ0) is 19.9. The van der Waals surface area contributed by atoms with E-state index < -0.39 is 11.7 Å². The van der Waals surface area contributed by atoms with Gasteiger partial charge in [0.15, 0.2) is 0 Å². The summed E-state index contributed by atoms with van der Waals surface area (Å²) >= 11 is 0. The zero-order valence-corrected chi connectivity index (χ0v) is 14.9. The summed E-state index contributed by atoms with van der Waals surface area (Å²) in [4.78, 5) is 24.6. The van der Waals surface area contributed by atoms with Crippen molar-refractivity contribution in [3.63, 3.8) is 0 Å². The van der Waals surface area contributed by atoms with Crippen LogP contribution >= 0.6 is 0 Å². The van der Waals surface area contributed by atoms with Gasteiger partial charge >= 0.3 is 0 Å². The first kappa shape index (κ1) is 19.2. The topological polar surface area (TPSA) is 58.2 Å². The zero-order valence-electron chi connectivity index (χ0n) is 14.9. The van der Waals surface area contributed by atoms with Crippen LogP contribution < -0.4 is 10.6 Å². The van der Waals surface area contributed by atoms with E-state index in [9.17, 15) is 18.4 Å². The van der Waals surface area contributed by atoms with Crippen LogP contribution in [0.15, 0.2) is 72.8 Å².